The van der Waals surface area contributed by atoms with Crippen LogP contribution >= 0.6 is 11.8 Å². The Morgan fingerprint density at radius 2 is 2.06 bits per heavy atom. The van der Waals surface area contributed by atoms with Gasteiger partial charge in [-0.05, 0) is 24.6 Å². The largest absolute Gasteiger partial charge is 0.480 e. The van der Waals surface area contributed by atoms with Crippen LogP contribution in [0.15, 0.2) is 24.3 Å². The van der Waals surface area contributed by atoms with Crippen molar-refractivity contribution in [3.05, 3.63) is 29.8 Å². The van der Waals surface area contributed by atoms with Crippen LogP contribution in [0.1, 0.15) is 12.5 Å². The minimum atomic E-state index is -0.781. The van der Waals surface area contributed by atoms with E-state index in [0.717, 1.165) is 11.3 Å². The maximum absolute atomic E-state index is 11.0. The Morgan fingerprint density at radius 1 is 1.44 bits per heavy atom. The Morgan fingerprint density at radius 3 is 2.50 bits per heavy atom. The molecular weight excluding hydrogens is 248 g/mol. The van der Waals surface area contributed by atoms with Crippen LogP contribution in [-0.2, 0) is 9.67 Å². The zero-order chi connectivity index (χ0) is 13.3. The Labute approximate surface area is 111 Å². The van der Waals surface area contributed by atoms with Crippen LogP contribution in [0.4, 0.5) is 5.69 Å². The summed E-state index contributed by atoms with van der Waals surface area (Å²) in [6, 6.07) is 7.75. The van der Waals surface area contributed by atoms with Gasteiger partial charge in [0.2, 0.25) is 0 Å². The number of thioether (sulfide) groups is 1. The second kappa shape index (κ2) is 4.82. The van der Waals surface area contributed by atoms with Crippen LogP contribution in [-0.4, -0.2) is 37.0 Å². The number of hydrogen-bond acceptors (Lipinski definition) is 4. The number of nitrogens with zero attached hydrogens (tertiary/aromatic N) is 1. The first-order valence-corrected chi connectivity index (χ1v) is 6.83. The van der Waals surface area contributed by atoms with E-state index in [9.17, 15) is 4.79 Å². The molecule has 2 N–H and O–H groups in total. The third-order valence-corrected chi connectivity index (χ3v) is 4.65. The highest BCUT2D eigenvalue weighted by atomic mass is 32.2. The molecule has 1 unspecified atom stereocenters. The van der Waals surface area contributed by atoms with Crippen LogP contribution in [0.3, 0.4) is 0 Å². The lowest BCUT2D eigenvalue weighted by molar-refractivity contribution is -0.138. The Bertz CT molecular complexity index is 447. The highest BCUT2D eigenvalue weighted by Gasteiger charge is 2.39. The summed E-state index contributed by atoms with van der Waals surface area (Å²) >= 11 is 1.64. The zero-order valence-electron chi connectivity index (χ0n) is 10.8. The second-order valence-electron chi connectivity index (χ2n) is 4.82. The molecule has 1 fully saturated rings. The smallest absolute Gasteiger partial charge is 0.321 e. The molecule has 2 rings (SSSR count). The minimum Gasteiger partial charge on any atom is -0.480 e. The molecule has 0 spiro atoms. The number of nitrogens with one attached hydrogen (secondary N) is 1. The molecule has 1 aliphatic heterocycles. The number of hydrogen-bond donors (Lipinski definition) is 2. The molecule has 4 nitrogen and oxygen atoms in total. The van der Waals surface area contributed by atoms with Crippen LogP contribution in [0.5, 0.6) is 0 Å². The van der Waals surface area contributed by atoms with Gasteiger partial charge in [-0.25, -0.2) is 0 Å². The predicted molar refractivity (Wildman–Crippen MR) is 75.1 cm³/mol. The normalized spacial score (nSPS) is 27.2. The van der Waals surface area contributed by atoms with Gasteiger partial charge in [0.25, 0.3) is 0 Å². The molecule has 1 heterocycles. The van der Waals surface area contributed by atoms with Crippen molar-refractivity contribution in [1.82, 2.24) is 5.32 Å². The Kier molecular flexibility index (Phi) is 3.54. The number of carboxylic acids is 1. The Balaban J connectivity index is 2.19. The lowest BCUT2D eigenvalue weighted by Gasteiger charge is -2.25. The van der Waals surface area contributed by atoms with Gasteiger partial charge >= 0.3 is 5.97 Å². The average Bonchev–Trinajstić information content (AvgIpc) is 2.74. The molecule has 0 aliphatic carbocycles. The van der Waals surface area contributed by atoms with Gasteiger partial charge in [-0.3, -0.25) is 10.1 Å². The summed E-state index contributed by atoms with van der Waals surface area (Å²) in [4.78, 5) is 12.7. The fraction of sp³-hybridized carbons (Fsp3) is 0.462. The number of aliphatic carboxylic acids is 1. The van der Waals surface area contributed by atoms with E-state index in [0.29, 0.717) is 5.75 Å². The lowest BCUT2D eigenvalue weighted by Crippen LogP contribution is -2.41. The molecule has 1 aromatic rings. The van der Waals surface area contributed by atoms with Crippen molar-refractivity contribution in [3.63, 3.8) is 0 Å². The fourth-order valence-corrected chi connectivity index (χ4v) is 3.30. The monoisotopic (exact) mass is 266 g/mol. The zero-order valence-corrected chi connectivity index (χ0v) is 11.6. The van der Waals surface area contributed by atoms with Gasteiger partial charge in [-0.15, -0.1) is 11.8 Å². The predicted octanol–water partition coefficient (Wildman–Crippen LogP) is 1.71. The summed E-state index contributed by atoms with van der Waals surface area (Å²) in [6.07, 6.45) is 0. The van der Waals surface area contributed by atoms with Crippen molar-refractivity contribution in [1.29, 1.82) is 0 Å². The molecule has 1 saturated heterocycles. The number of anilines is 1. The van der Waals surface area contributed by atoms with Crippen LogP contribution in [0.2, 0.25) is 0 Å². The SMILES string of the molecule is CN(C)c1ccc(C2(C)N[C@H](C(=O)O)CS2)cc1. The molecule has 0 amide bonds. The van der Waals surface area contributed by atoms with E-state index < -0.39 is 12.0 Å². The van der Waals surface area contributed by atoms with E-state index >= 15 is 0 Å². The standard InChI is InChI=1S/C13H18N2O2S/c1-13(14-11(8-18-13)12(16)17)9-4-6-10(7-5-9)15(2)3/h4-7,11,14H,8H2,1-3H3,(H,16,17)/t11-,13?/m0/s1. The van der Waals surface area contributed by atoms with Crippen molar-refractivity contribution < 1.29 is 9.90 Å². The van der Waals surface area contributed by atoms with Crippen molar-refractivity contribution >= 4 is 23.4 Å². The lowest BCUT2D eigenvalue weighted by atomic mass is 10.1. The van der Waals surface area contributed by atoms with Crippen LogP contribution in [0, 0.1) is 0 Å². The first-order valence-electron chi connectivity index (χ1n) is 5.85. The van der Waals surface area contributed by atoms with Crippen molar-refractivity contribution in [2.45, 2.75) is 17.8 Å². The van der Waals surface area contributed by atoms with Crippen molar-refractivity contribution in [3.8, 4) is 0 Å². The molecular formula is C13H18N2O2S. The van der Waals surface area contributed by atoms with E-state index in [1.165, 1.54) is 0 Å². The number of carbonyl (C=O) groups is 1. The van der Waals surface area contributed by atoms with Gasteiger partial charge in [0.1, 0.15) is 6.04 Å². The first kappa shape index (κ1) is 13.2. The van der Waals surface area contributed by atoms with Crippen LogP contribution in [0.25, 0.3) is 0 Å². The van der Waals surface area contributed by atoms with E-state index in [-0.39, 0.29) is 4.87 Å². The molecule has 2 atom stereocenters. The Hall–Kier alpha value is -1.20. The van der Waals surface area contributed by atoms with Gasteiger partial charge < -0.3 is 10.0 Å². The van der Waals surface area contributed by atoms with Crippen LogP contribution < -0.4 is 10.2 Å². The maximum atomic E-state index is 11.0. The molecule has 1 aromatic carbocycles. The third-order valence-electron chi connectivity index (χ3n) is 3.22. The van der Waals surface area contributed by atoms with E-state index in [1.54, 1.807) is 11.8 Å². The van der Waals surface area contributed by atoms with Gasteiger partial charge in [0.15, 0.2) is 0 Å². The topological polar surface area (TPSA) is 52.6 Å². The van der Waals surface area contributed by atoms with Gasteiger partial charge in [0.05, 0.1) is 4.87 Å². The summed E-state index contributed by atoms with van der Waals surface area (Å²) in [5.41, 5.74) is 2.25. The number of carboxylic acid groups (broad SMARTS) is 1. The summed E-state index contributed by atoms with van der Waals surface area (Å²) in [5.74, 6) is -0.183. The molecule has 1 aliphatic rings. The van der Waals surface area contributed by atoms with E-state index in [2.05, 4.69) is 29.6 Å². The highest BCUT2D eigenvalue weighted by molar-refractivity contribution is 8.00. The van der Waals surface area contributed by atoms with Crippen molar-refractivity contribution in [2.75, 3.05) is 24.7 Å². The summed E-state index contributed by atoms with van der Waals surface area (Å²) in [5, 5.41) is 12.2. The highest BCUT2D eigenvalue weighted by Crippen LogP contribution is 2.39. The summed E-state index contributed by atoms with van der Waals surface area (Å²) in [6.45, 7) is 2.03. The van der Waals surface area contributed by atoms with Crippen molar-refractivity contribution in [2.24, 2.45) is 0 Å². The maximum Gasteiger partial charge on any atom is 0.321 e. The summed E-state index contributed by atoms with van der Waals surface area (Å²) in [7, 11) is 4.00. The fourth-order valence-electron chi connectivity index (χ4n) is 2.04. The molecule has 18 heavy (non-hydrogen) atoms. The number of benzene rings is 1. The van der Waals surface area contributed by atoms with E-state index in [1.807, 2.05) is 25.9 Å². The molecule has 98 valence electrons. The van der Waals surface area contributed by atoms with E-state index in [4.69, 9.17) is 5.11 Å². The third kappa shape index (κ3) is 2.47. The molecule has 0 aromatic heterocycles. The molecule has 0 bridgehead atoms. The average molecular weight is 266 g/mol. The number of rotatable bonds is 3. The molecule has 0 radical (unpaired) electrons. The van der Waals surface area contributed by atoms with Gasteiger partial charge in [0, 0.05) is 25.5 Å². The van der Waals surface area contributed by atoms with Gasteiger partial charge in [-0.2, -0.15) is 0 Å². The molecule has 5 heteroatoms. The molecule has 0 saturated carbocycles. The van der Waals surface area contributed by atoms with Gasteiger partial charge in [-0.1, -0.05) is 12.1 Å². The quantitative estimate of drug-likeness (QED) is 0.872. The second-order valence-corrected chi connectivity index (χ2v) is 6.26. The minimum absolute atomic E-state index is 0.312. The summed E-state index contributed by atoms with van der Waals surface area (Å²) < 4.78 is 0. The first-order chi connectivity index (χ1) is 8.42.